The van der Waals surface area contributed by atoms with E-state index in [9.17, 15) is 4.79 Å². The zero-order valence-electron chi connectivity index (χ0n) is 13.9. The minimum Gasteiger partial charge on any atom is -0.497 e. The van der Waals surface area contributed by atoms with Crippen molar-refractivity contribution in [2.24, 2.45) is 0 Å². The Labute approximate surface area is 164 Å². The summed E-state index contributed by atoms with van der Waals surface area (Å²) >= 11 is 8.81. The zero-order chi connectivity index (χ0) is 18.4. The summed E-state index contributed by atoms with van der Waals surface area (Å²) in [6.45, 7) is 0. The van der Waals surface area contributed by atoms with Crippen molar-refractivity contribution in [3.8, 4) is 16.3 Å². The van der Waals surface area contributed by atoms with Gasteiger partial charge in [0.25, 0.3) is 0 Å². The second-order valence-electron chi connectivity index (χ2n) is 5.31. The number of hydrogen-bond donors (Lipinski definition) is 1. The molecule has 0 atom stereocenters. The van der Waals surface area contributed by atoms with Gasteiger partial charge in [-0.2, -0.15) is 0 Å². The van der Waals surface area contributed by atoms with Crippen LogP contribution in [0.15, 0.2) is 48.5 Å². The standard InChI is InChI=1S/C18H16ClN3O2S2/c1-24-15-7-5-13(6-8-15)17-21-22-18(26-17)20-16(23)11-25-10-12-3-2-4-14(19)9-12/h2-9H,10-11H2,1H3,(H,20,22,23). The van der Waals surface area contributed by atoms with Crippen LogP contribution in [0.2, 0.25) is 5.02 Å². The van der Waals surface area contributed by atoms with E-state index in [2.05, 4.69) is 15.5 Å². The Bertz CT molecular complexity index is 884. The number of thioether (sulfide) groups is 1. The van der Waals surface area contributed by atoms with Crippen LogP contribution < -0.4 is 10.1 Å². The number of methoxy groups -OCH3 is 1. The molecule has 0 fully saturated rings. The van der Waals surface area contributed by atoms with Crippen LogP contribution in [0, 0.1) is 0 Å². The Kier molecular flexibility index (Phi) is 6.49. The zero-order valence-corrected chi connectivity index (χ0v) is 16.3. The molecule has 8 heteroatoms. The average molecular weight is 406 g/mol. The lowest BCUT2D eigenvalue weighted by Gasteiger charge is -2.02. The predicted octanol–water partition coefficient (Wildman–Crippen LogP) is 4.74. The van der Waals surface area contributed by atoms with Crippen LogP contribution in [0.25, 0.3) is 10.6 Å². The van der Waals surface area contributed by atoms with Gasteiger partial charge in [-0.1, -0.05) is 35.1 Å². The number of ether oxygens (including phenoxy) is 1. The van der Waals surface area contributed by atoms with Gasteiger partial charge in [0.05, 0.1) is 12.9 Å². The van der Waals surface area contributed by atoms with Gasteiger partial charge in [-0.05, 0) is 42.0 Å². The summed E-state index contributed by atoms with van der Waals surface area (Å²) in [7, 11) is 1.62. The molecular weight excluding hydrogens is 390 g/mol. The van der Waals surface area contributed by atoms with E-state index < -0.39 is 0 Å². The third-order valence-electron chi connectivity index (χ3n) is 3.40. The van der Waals surface area contributed by atoms with Crippen molar-refractivity contribution < 1.29 is 9.53 Å². The molecule has 0 unspecified atom stereocenters. The molecule has 1 aromatic heterocycles. The van der Waals surface area contributed by atoms with Gasteiger partial charge in [-0.3, -0.25) is 10.1 Å². The number of carbonyl (C=O) groups excluding carboxylic acids is 1. The van der Waals surface area contributed by atoms with Gasteiger partial charge in [0.2, 0.25) is 11.0 Å². The number of nitrogens with one attached hydrogen (secondary N) is 1. The van der Waals surface area contributed by atoms with Gasteiger partial charge >= 0.3 is 0 Å². The van der Waals surface area contributed by atoms with Crippen molar-refractivity contribution >= 4 is 45.7 Å². The highest BCUT2D eigenvalue weighted by Crippen LogP contribution is 2.28. The second-order valence-corrected chi connectivity index (χ2v) is 7.71. The van der Waals surface area contributed by atoms with Crippen molar-refractivity contribution in [1.29, 1.82) is 0 Å². The Morgan fingerprint density at radius 1 is 1.23 bits per heavy atom. The molecule has 0 spiro atoms. The molecule has 2 aromatic carbocycles. The van der Waals surface area contributed by atoms with Crippen molar-refractivity contribution in [2.45, 2.75) is 5.75 Å². The lowest BCUT2D eigenvalue weighted by Crippen LogP contribution is -2.13. The van der Waals surface area contributed by atoms with E-state index in [0.29, 0.717) is 15.9 Å². The van der Waals surface area contributed by atoms with E-state index in [-0.39, 0.29) is 5.91 Å². The molecular formula is C18H16ClN3O2S2. The third kappa shape index (κ3) is 5.20. The summed E-state index contributed by atoms with van der Waals surface area (Å²) in [5.74, 6) is 1.74. The van der Waals surface area contributed by atoms with Crippen molar-refractivity contribution in [2.75, 3.05) is 18.2 Å². The number of anilines is 1. The van der Waals surface area contributed by atoms with E-state index in [0.717, 1.165) is 27.6 Å². The minimum absolute atomic E-state index is 0.102. The fraction of sp³-hybridized carbons (Fsp3) is 0.167. The van der Waals surface area contributed by atoms with E-state index >= 15 is 0 Å². The molecule has 0 bridgehead atoms. The highest BCUT2D eigenvalue weighted by Gasteiger charge is 2.10. The van der Waals surface area contributed by atoms with Crippen molar-refractivity contribution in [3.63, 3.8) is 0 Å². The summed E-state index contributed by atoms with van der Waals surface area (Å²) < 4.78 is 5.14. The SMILES string of the molecule is COc1ccc(-c2nnc(NC(=O)CSCc3cccc(Cl)c3)s2)cc1. The van der Waals surface area contributed by atoms with Crippen LogP contribution in [0.5, 0.6) is 5.75 Å². The summed E-state index contributed by atoms with van der Waals surface area (Å²) in [6.07, 6.45) is 0. The molecule has 5 nitrogen and oxygen atoms in total. The molecule has 0 aliphatic carbocycles. The number of benzene rings is 2. The number of aromatic nitrogens is 2. The molecule has 0 aliphatic heterocycles. The van der Waals surface area contributed by atoms with E-state index in [1.165, 1.54) is 23.1 Å². The van der Waals surface area contributed by atoms with Gasteiger partial charge < -0.3 is 4.74 Å². The number of hydrogen-bond acceptors (Lipinski definition) is 6. The summed E-state index contributed by atoms with van der Waals surface area (Å²) in [5.41, 5.74) is 2.02. The first-order valence-corrected chi connectivity index (χ1v) is 10.1. The van der Waals surface area contributed by atoms with Gasteiger partial charge in [-0.25, -0.2) is 0 Å². The van der Waals surface area contributed by atoms with Crippen LogP contribution in [0.1, 0.15) is 5.56 Å². The maximum Gasteiger partial charge on any atom is 0.236 e. The van der Waals surface area contributed by atoms with E-state index in [1.807, 2.05) is 48.5 Å². The largest absolute Gasteiger partial charge is 0.497 e. The molecule has 0 saturated carbocycles. The number of rotatable bonds is 7. The van der Waals surface area contributed by atoms with Gasteiger partial charge in [-0.15, -0.1) is 22.0 Å². The first-order valence-electron chi connectivity index (χ1n) is 7.74. The lowest BCUT2D eigenvalue weighted by atomic mass is 10.2. The molecule has 1 N–H and O–H groups in total. The Balaban J connectivity index is 1.50. The Hall–Kier alpha value is -2.09. The number of carbonyl (C=O) groups is 1. The quantitative estimate of drug-likeness (QED) is 0.615. The number of nitrogens with zero attached hydrogens (tertiary/aromatic N) is 2. The topological polar surface area (TPSA) is 64.1 Å². The Morgan fingerprint density at radius 3 is 2.77 bits per heavy atom. The first-order chi connectivity index (χ1) is 12.6. The van der Waals surface area contributed by atoms with Crippen molar-refractivity contribution in [3.05, 3.63) is 59.1 Å². The fourth-order valence-electron chi connectivity index (χ4n) is 2.17. The second kappa shape index (κ2) is 9.02. The molecule has 134 valence electrons. The number of halogens is 1. The molecule has 3 aromatic rings. The Morgan fingerprint density at radius 2 is 2.04 bits per heavy atom. The summed E-state index contributed by atoms with van der Waals surface area (Å²) in [6, 6.07) is 15.2. The highest BCUT2D eigenvalue weighted by molar-refractivity contribution is 7.99. The van der Waals surface area contributed by atoms with Crippen LogP contribution in [0.3, 0.4) is 0 Å². The average Bonchev–Trinajstić information content (AvgIpc) is 3.10. The summed E-state index contributed by atoms with van der Waals surface area (Å²) in [5, 5.41) is 12.9. The maximum atomic E-state index is 12.1. The molecule has 0 radical (unpaired) electrons. The molecule has 3 rings (SSSR count). The smallest absolute Gasteiger partial charge is 0.236 e. The normalized spacial score (nSPS) is 10.5. The van der Waals surface area contributed by atoms with Crippen LogP contribution in [0.4, 0.5) is 5.13 Å². The molecule has 0 aliphatic rings. The monoisotopic (exact) mass is 405 g/mol. The minimum atomic E-state index is -0.102. The molecule has 26 heavy (non-hydrogen) atoms. The predicted molar refractivity (Wildman–Crippen MR) is 108 cm³/mol. The third-order valence-corrected chi connectivity index (χ3v) is 5.53. The van der Waals surface area contributed by atoms with Crippen LogP contribution >= 0.6 is 34.7 Å². The van der Waals surface area contributed by atoms with Gasteiger partial charge in [0, 0.05) is 16.3 Å². The van der Waals surface area contributed by atoms with Crippen molar-refractivity contribution in [1.82, 2.24) is 10.2 Å². The highest BCUT2D eigenvalue weighted by atomic mass is 35.5. The van der Waals surface area contributed by atoms with E-state index in [4.69, 9.17) is 16.3 Å². The lowest BCUT2D eigenvalue weighted by molar-refractivity contribution is -0.113. The molecule has 1 heterocycles. The van der Waals surface area contributed by atoms with Gasteiger partial charge in [0.1, 0.15) is 10.8 Å². The van der Waals surface area contributed by atoms with E-state index in [1.54, 1.807) is 7.11 Å². The molecule has 1 amide bonds. The van der Waals surface area contributed by atoms with Gasteiger partial charge in [0.15, 0.2) is 0 Å². The van der Waals surface area contributed by atoms with Crippen LogP contribution in [-0.4, -0.2) is 29.0 Å². The summed E-state index contributed by atoms with van der Waals surface area (Å²) in [4.78, 5) is 12.1. The van der Waals surface area contributed by atoms with Crippen LogP contribution in [-0.2, 0) is 10.5 Å². The fourth-order valence-corrected chi connectivity index (χ4v) is 3.92. The molecule has 0 saturated heterocycles. The maximum absolute atomic E-state index is 12.1. The number of amides is 1. The first kappa shape index (κ1) is 18.7.